The van der Waals surface area contributed by atoms with Gasteiger partial charge >= 0.3 is 0 Å². The summed E-state index contributed by atoms with van der Waals surface area (Å²) >= 11 is 0. The molecule has 1 fully saturated rings. The summed E-state index contributed by atoms with van der Waals surface area (Å²) in [6.45, 7) is 7.52. The van der Waals surface area contributed by atoms with Crippen LogP contribution in [-0.4, -0.2) is 47.4 Å². The Morgan fingerprint density at radius 2 is 2.15 bits per heavy atom. The number of carbonyl (C=O) groups is 1. The summed E-state index contributed by atoms with van der Waals surface area (Å²) in [5.41, 5.74) is 7.01. The molecule has 110 valence electrons. The molecule has 0 aliphatic carbocycles. The van der Waals surface area contributed by atoms with Crippen LogP contribution in [-0.2, 0) is 11.3 Å². The zero-order valence-corrected chi connectivity index (χ0v) is 12.5. The minimum Gasteiger partial charge on any atom is -0.340 e. The van der Waals surface area contributed by atoms with E-state index < -0.39 is 6.04 Å². The molecule has 0 unspecified atom stereocenters. The minimum absolute atomic E-state index is 0.0725. The number of likely N-dealkylation sites (N-methyl/N-ethyl adjacent to an activating group) is 1. The molecule has 1 amide bonds. The molecule has 0 spiro atoms. The normalized spacial score (nSPS) is 20.4. The maximum Gasteiger partial charge on any atom is 0.239 e. The van der Waals surface area contributed by atoms with Gasteiger partial charge in [0.1, 0.15) is 0 Å². The lowest BCUT2D eigenvalue weighted by Gasteiger charge is -2.28. The topological polar surface area (TPSA) is 49.6 Å². The van der Waals surface area contributed by atoms with Crippen molar-refractivity contribution in [1.29, 1.82) is 0 Å². The highest BCUT2D eigenvalue weighted by Gasteiger charge is 2.30. The molecule has 0 bridgehead atoms. The third kappa shape index (κ3) is 3.58. The van der Waals surface area contributed by atoms with Crippen LogP contribution in [0.2, 0.25) is 0 Å². The molecule has 0 saturated carbocycles. The summed E-state index contributed by atoms with van der Waals surface area (Å²) in [4.78, 5) is 16.3. The van der Waals surface area contributed by atoms with Gasteiger partial charge in [0.2, 0.25) is 5.91 Å². The van der Waals surface area contributed by atoms with E-state index in [0.717, 1.165) is 32.6 Å². The lowest BCUT2D eigenvalue weighted by Crippen LogP contribution is -2.43. The molecule has 1 aromatic rings. The van der Waals surface area contributed by atoms with Crippen molar-refractivity contribution in [3.8, 4) is 0 Å². The molecule has 0 aromatic heterocycles. The minimum atomic E-state index is -0.391. The fraction of sp³-hybridized carbons (Fsp3) is 0.562. The second-order valence-electron chi connectivity index (χ2n) is 5.56. The van der Waals surface area contributed by atoms with E-state index in [2.05, 4.69) is 36.1 Å². The first-order chi connectivity index (χ1) is 9.61. The third-order valence-corrected chi connectivity index (χ3v) is 4.02. The van der Waals surface area contributed by atoms with Crippen LogP contribution < -0.4 is 5.73 Å². The maximum absolute atomic E-state index is 11.9. The molecule has 1 aliphatic rings. The van der Waals surface area contributed by atoms with Crippen LogP contribution in [0.3, 0.4) is 0 Å². The van der Waals surface area contributed by atoms with Gasteiger partial charge in [0.15, 0.2) is 0 Å². The van der Waals surface area contributed by atoms with Gasteiger partial charge in [-0.1, -0.05) is 37.3 Å². The van der Waals surface area contributed by atoms with Gasteiger partial charge in [-0.15, -0.1) is 0 Å². The summed E-state index contributed by atoms with van der Waals surface area (Å²) in [6.07, 6.45) is 1.04. The molecule has 2 atom stereocenters. The van der Waals surface area contributed by atoms with Gasteiger partial charge in [0, 0.05) is 25.7 Å². The molecular weight excluding hydrogens is 250 g/mol. The van der Waals surface area contributed by atoms with E-state index in [1.54, 1.807) is 6.92 Å². The van der Waals surface area contributed by atoms with E-state index in [1.807, 2.05) is 11.0 Å². The highest BCUT2D eigenvalue weighted by molar-refractivity contribution is 5.81. The zero-order chi connectivity index (χ0) is 14.5. The molecule has 4 heteroatoms. The van der Waals surface area contributed by atoms with Crippen LogP contribution in [0.15, 0.2) is 30.3 Å². The van der Waals surface area contributed by atoms with Crippen LogP contribution in [0.5, 0.6) is 0 Å². The van der Waals surface area contributed by atoms with Gasteiger partial charge in [-0.25, -0.2) is 0 Å². The zero-order valence-electron chi connectivity index (χ0n) is 12.5. The van der Waals surface area contributed by atoms with E-state index in [0.29, 0.717) is 6.04 Å². The molecular formula is C16H25N3O. The molecule has 1 saturated heterocycles. The highest BCUT2D eigenvalue weighted by atomic mass is 16.2. The Labute approximate surface area is 121 Å². The Balaban J connectivity index is 1.95. The average Bonchev–Trinajstić information content (AvgIpc) is 2.94. The first-order valence-electron chi connectivity index (χ1n) is 7.44. The Morgan fingerprint density at radius 3 is 2.75 bits per heavy atom. The fourth-order valence-electron chi connectivity index (χ4n) is 2.85. The van der Waals surface area contributed by atoms with Crippen molar-refractivity contribution in [3.05, 3.63) is 35.9 Å². The van der Waals surface area contributed by atoms with Crippen molar-refractivity contribution in [1.82, 2.24) is 9.80 Å². The van der Waals surface area contributed by atoms with Crippen molar-refractivity contribution >= 4 is 5.91 Å². The molecule has 1 aliphatic heterocycles. The van der Waals surface area contributed by atoms with Crippen LogP contribution in [0.25, 0.3) is 0 Å². The number of nitrogens with zero attached hydrogens (tertiary/aromatic N) is 2. The number of benzene rings is 1. The van der Waals surface area contributed by atoms with Crippen molar-refractivity contribution < 1.29 is 4.79 Å². The Kier molecular flexibility index (Phi) is 5.15. The van der Waals surface area contributed by atoms with Crippen LogP contribution >= 0.6 is 0 Å². The first kappa shape index (κ1) is 15.0. The van der Waals surface area contributed by atoms with E-state index in [-0.39, 0.29) is 5.91 Å². The Bertz CT molecular complexity index is 433. The van der Waals surface area contributed by atoms with E-state index in [1.165, 1.54) is 5.56 Å². The molecule has 0 radical (unpaired) electrons. The first-order valence-corrected chi connectivity index (χ1v) is 7.44. The summed E-state index contributed by atoms with van der Waals surface area (Å²) in [7, 11) is 0. The summed E-state index contributed by atoms with van der Waals surface area (Å²) in [5.74, 6) is 0.0725. The summed E-state index contributed by atoms with van der Waals surface area (Å²) in [6, 6.07) is 10.6. The van der Waals surface area contributed by atoms with Gasteiger partial charge in [-0.3, -0.25) is 9.69 Å². The maximum atomic E-state index is 11.9. The number of rotatable bonds is 5. The molecule has 2 N–H and O–H groups in total. The van der Waals surface area contributed by atoms with Gasteiger partial charge in [0.25, 0.3) is 0 Å². The molecule has 1 heterocycles. The van der Waals surface area contributed by atoms with Crippen molar-refractivity contribution in [2.45, 2.75) is 38.9 Å². The number of carbonyl (C=O) groups excluding carboxylic acids is 1. The monoisotopic (exact) mass is 275 g/mol. The van der Waals surface area contributed by atoms with Gasteiger partial charge in [-0.05, 0) is 25.5 Å². The fourth-order valence-corrected chi connectivity index (χ4v) is 2.85. The molecule has 2 rings (SSSR count). The number of hydrogen-bond donors (Lipinski definition) is 1. The largest absolute Gasteiger partial charge is 0.340 e. The average molecular weight is 275 g/mol. The quantitative estimate of drug-likeness (QED) is 0.885. The van der Waals surface area contributed by atoms with Gasteiger partial charge in [0.05, 0.1) is 6.04 Å². The third-order valence-electron chi connectivity index (χ3n) is 4.02. The van der Waals surface area contributed by atoms with Crippen molar-refractivity contribution in [2.75, 3.05) is 19.6 Å². The van der Waals surface area contributed by atoms with Gasteiger partial charge in [-0.2, -0.15) is 0 Å². The second-order valence-corrected chi connectivity index (χ2v) is 5.56. The highest BCUT2D eigenvalue weighted by Crippen LogP contribution is 2.18. The van der Waals surface area contributed by atoms with Crippen LogP contribution in [0.1, 0.15) is 25.8 Å². The number of hydrogen-bond acceptors (Lipinski definition) is 3. The SMILES string of the molecule is CCN(Cc1ccccc1)[C@@H]1CCN(C(=O)[C@H](C)N)C1. The van der Waals surface area contributed by atoms with Gasteiger partial charge < -0.3 is 10.6 Å². The summed E-state index contributed by atoms with van der Waals surface area (Å²) < 4.78 is 0. The van der Waals surface area contributed by atoms with E-state index >= 15 is 0 Å². The Hall–Kier alpha value is -1.39. The summed E-state index contributed by atoms with van der Waals surface area (Å²) in [5, 5.41) is 0. The molecule has 20 heavy (non-hydrogen) atoms. The number of likely N-dealkylation sites (tertiary alicyclic amines) is 1. The predicted molar refractivity (Wildman–Crippen MR) is 81.2 cm³/mol. The smallest absolute Gasteiger partial charge is 0.239 e. The predicted octanol–water partition coefficient (Wildman–Crippen LogP) is 1.46. The lowest BCUT2D eigenvalue weighted by atomic mass is 10.1. The lowest BCUT2D eigenvalue weighted by molar-refractivity contribution is -0.131. The Morgan fingerprint density at radius 1 is 1.45 bits per heavy atom. The molecule has 1 aromatic carbocycles. The second kappa shape index (κ2) is 6.86. The van der Waals surface area contributed by atoms with Crippen molar-refractivity contribution in [3.63, 3.8) is 0 Å². The van der Waals surface area contributed by atoms with Crippen molar-refractivity contribution in [2.24, 2.45) is 5.73 Å². The molecule has 4 nitrogen and oxygen atoms in total. The van der Waals surface area contributed by atoms with E-state index in [4.69, 9.17) is 5.73 Å². The van der Waals surface area contributed by atoms with Crippen LogP contribution in [0, 0.1) is 0 Å². The number of nitrogens with two attached hydrogens (primary N) is 1. The van der Waals surface area contributed by atoms with E-state index in [9.17, 15) is 4.79 Å². The standard InChI is InChI=1S/C16H25N3O/c1-3-18(11-14-7-5-4-6-8-14)15-9-10-19(12-15)16(20)13(2)17/h4-8,13,15H,3,9-12,17H2,1-2H3/t13-,15+/m0/s1. The van der Waals surface area contributed by atoms with Crippen LogP contribution in [0.4, 0.5) is 0 Å². The number of amides is 1.